The molecule has 3 aromatic rings. The Hall–Kier alpha value is -3.81. The molecule has 1 aliphatic rings. The highest BCUT2D eigenvalue weighted by molar-refractivity contribution is 5.93. The first-order chi connectivity index (χ1) is 16.0. The van der Waals surface area contributed by atoms with Gasteiger partial charge in [0, 0.05) is 24.5 Å². The van der Waals surface area contributed by atoms with E-state index in [2.05, 4.69) is 21.4 Å². The summed E-state index contributed by atoms with van der Waals surface area (Å²) in [5.74, 6) is -0.737. The van der Waals surface area contributed by atoms with Crippen LogP contribution in [0, 0.1) is 6.92 Å². The van der Waals surface area contributed by atoms with Gasteiger partial charge in [0.15, 0.2) is 12.4 Å². The molecule has 33 heavy (non-hydrogen) atoms. The summed E-state index contributed by atoms with van der Waals surface area (Å²) in [4.78, 5) is 27.3. The van der Waals surface area contributed by atoms with Gasteiger partial charge in [-0.1, -0.05) is 18.2 Å². The van der Waals surface area contributed by atoms with Crippen molar-refractivity contribution in [3.05, 3.63) is 66.0 Å². The highest BCUT2D eigenvalue weighted by atomic mass is 16.5. The van der Waals surface area contributed by atoms with Gasteiger partial charge in [-0.15, -0.1) is 0 Å². The first kappa shape index (κ1) is 22.4. The predicted molar refractivity (Wildman–Crippen MR) is 126 cm³/mol. The molecule has 172 valence electrons. The van der Waals surface area contributed by atoms with Crippen LogP contribution in [0.5, 0.6) is 5.75 Å². The number of esters is 1. The molecular weight excluding hydrogens is 420 g/mol. The van der Waals surface area contributed by atoms with Gasteiger partial charge in [0.1, 0.15) is 0 Å². The summed E-state index contributed by atoms with van der Waals surface area (Å²) in [6.07, 6.45) is 4.00. The van der Waals surface area contributed by atoms with E-state index < -0.39 is 5.97 Å². The van der Waals surface area contributed by atoms with Crippen LogP contribution in [0.25, 0.3) is 5.69 Å². The Morgan fingerprint density at radius 2 is 1.82 bits per heavy atom. The molecule has 1 N–H and O–H groups in total. The van der Waals surface area contributed by atoms with Crippen LogP contribution in [-0.4, -0.2) is 48.0 Å². The number of hydrogen-bond donors (Lipinski definition) is 1. The molecule has 1 aliphatic heterocycles. The quantitative estimate of drug-likeness (QED) is 0.525. The number of carbonyl (C=O) groups excluding carboxylic acids is 2. The minimum absolute atomic E-state index is 0.0275. The molecule has 0 bridgehead atoms. The van der Waals surface area contributed by atoms with E-state index in [1.165, 1.54) is 23.2 Å². The lowest BCUT2D eigenvalue weighted by molar-refractivity contribution is -0.118. The standard InChI is InChI=1S/C25H28N4O4/c1-3-32-25(31)24-22(16-29(27-24)19-9-5-4-6-10-19)33-17-23(30)26-21-12-11-20(15-18(21)2)28-13-7-8-14-28/h4-6,9-12,15-16H,3,7-8,13-14,17H2,1-2H3,(H,26,30). The van der Waals surface area contributed by atoms with Crippen molar-refractivity contribution >= 4 is 23.3 Å². The number of anilines is 2. The van der Waals surface area contributed by atoms with Crippen LogP contribution in [0.3, 0.4) is 0 Å². The van der Waals surface area contributed by atoms with Gasteiger partial charge in [0.2, 0.25) is 5.69 Å². The fourth-order valence-corrected chi connectivity index (χ4v) is 3.81. The largest absolute Gasteiger partial charge is 0.480 e. The Balaban J connectivity index is 1.44. The maximum absolute atomic E-state index is 12.6. The number of rotatable bonds is 8. The number of hydrogen-bond acceptors (Lipinski definition) is 6. The van der Waals surface area contributed by atoms with Gasteiger partial charge in [-0.3, -0.25) is 4.79 Å². The first-order valence-electron chi connectivity index (χ1n) is 11.2. The molecule has 0 atom stereocenters. The van der Waals surface area contributed by atoms with Gasteiger partial charge in [-0.25, -0.2) is 9.48 Å². The van der Waals surface area contributed by atoms with Crippen molar-refractivity contribution in [2.75, 3.05) is 36.5 Å². The first-order valence-corrected chi connectivity index (χ1v) is 11.2. The van der Waals surface area contributed by atoms with Gasteiger partial charge in [0.25, 0.3) is 5.91 Å². The number of ether oxygens (including phenoxy) is 2. The summed E-state index contributed by atoms with van der Waals surface area (Å²) in [7, 11) is 0. The summed E-state index contributed by atoms with van der Waals surface area (Å²) in [6, 6.07) is 15.4. The molecule has 8 heteroatoms. The highest BCUT2D eigenvalue weighted by Gasteiger charge is 2.21. The fourth-order valence-electron chi connectivity index (χ4n) is 3.81. The number of nitrogens with zero attached hydrogens (tertiary/aromatic N) is 3. The van der Waals surface area contributed by atoms with Gasteiger partial charge >= 0.3 is 5.97 Å². The van der Waals surface area contributed by atoms with Crippen molar-refractivity contribution in [2.45, 2.75) is 26.7 Å². The van der Waals surface area contributed by atoms with E-state index in [1.54, 1.807) is 13.1 Å². The van der Waals surface area contributed by atoms with Gasteiger partial charge in [-0.2, -0.15) is 5.10 Å². The van der Waals surface area contributed by atoms with E-state index in [4.69, 9.17) is 9.47 Å². The monoisotopic (exact) mass is 448 g/mol. The molecule has 1 amide bonds. The second-order valence-electron chi connectivity index (χ2n) is 7.87. The minimum Gasteiger partial charge on any atom is -0.480 e. The van der Waals surface area contributed by atoms with Crippen molar-refractivity contribution in [2.24, 2.45) is 0 Å². The summed E-state index contributed by atoms with van der Waals surface area (Å²) in [6.45, 7) is 5.77. The predicted octanol–water partition coefficient (Wildman–Crippen LogP) is 3.98. The molecule has 1 fully saturated rings. The van der Waals surface area contributed by atoms with Crippen LogP contribution in [0.2, 0.25) is 0 Å². The third-order valence-electron chi connectivity index (χ3n) is 5.48. The zero-order chi connectivity index (χ0) is 23.2. The molecule has 0 unspecified atom stereocenters. The topological polar surface area (TPSA) is 85.7 Å². The van der Waals surface area contributed by atoms with Gasteiger partial charge in [-0.05, 0) is 62.6 Å². The third-order valence-corrected chi connectivity index (χ3v) is 5.48. The van der Waals surface area contributed by atoms with E-state index in [0.29, 0.717) is 0 Å². The Labute approximate surface area is 193 Å². The Morgan fingerprint density at radius 3 is 2.52 bits per heavy atom. The van der Waals surface area contributed by atoms with E-state index in [-0.39, 0.29) is 30.6 Å². The summed E-state index contributed by atoms with van der Waals surface area (Å²) >= 11 is 0. The van der Waals surface area contributed by atoms with Crippen LogP contribution in [-0.2, 0) is 9.53 Å². The molecule has 1 aromatic heterocycles. The highest BCUT2D eigenvalue weighted by Crippen LogP contribution is 2.26. The number of benzene rings is 2. The normalized spacial score (nSPS) is 13.1. The molecule has 0 radical (unpaired) electrons. The Bertz CT molecular complexity index is 1120. The smallest absolute Gasteiger partial charge is 0.362 e. The van der Waals surface area contributed by atoms with E-state index in [9.17, 15) is 9.59 Å². The number of para-hydroxylation sites is 1. The minimum atomic E-state index is -0.601. The number of amides is 1. The van der Waals surface area contributed by atoms with E-state index >= 15 is 0 Å². The van der Waals surface area contributed by atoms with Crippen LogP contribution < -0.4 is 15.0 Å². The van der Waals surface area contributed by atoms with Crippen molar-refractivity contribution in [1.82, 2.24) is 9.78 Å². The van der Waals surface area contributed by atoms with Crippen LogP contribution in [0.15, 0.2) is 54.7 Å². The van der Waals surface area contributed by atoms with E-state index in [0.717, 1.165) is 30.0 Å². The van der Waals surface area contributed by atoms with E-state index in [1.807, 2.05) is 49.4 Å². The zero-order valence-corrected chi connectivity index (χ0v) is 18.9. The van der Waals surface area contributed by atoms with Crippen LogP contribution in [0.4, 0.5) is 11.4 Å². The molecule has 1 saturated heterocycles. The van der Waals surface area contributed by atoms with Crippen LogP contribution >= 0.6 is 0 Å². The number of nitrogens with one attached hydrogen (secondary N) is 1. The van der Waals surface area contributed by atoms with Crippen molar-refractivity contribution < 1.29 is 19.1 Å². The third kappa shape index (κ3) is 5.34. The average molecular weight is 449 g/mol. The van der Waals surface area contributed by atoms with Crippen molar-refractivity contribution in [3.63, 3.8) is 0 Å². The second kappa shape index (κ2) is 10.2. The summed E-state index contributed by atoms with van der Waals surface area (Å²) in [5, 5.41) is 7.19. The molecular formula is C25H28N4O4. The Morgan fingerprint density at radius 1 is 1.06 bits per heavy atom. The summed E-state index contributed by atoms with van der Waals surface area (Å²) < 4.78 is 12.3. The number of carbonyl (C=O) groups is 2. The molecule has 0 spiro atoms. The fraction of sp³-hybridized carbons (Fsp3) is 0.320. The van der Waals surface area contributed by atoms with Crippen molar-refractivity contribution in [1.29, 1.82) is 0 Å². The maximum atomic E-state index is 12.6. The molecule has 4 rings (SSSR count). The molecule has 2 heterocycles. The lowest BCUT2D eigenvalue weighted by atomic mass is 10.1. The molecule has 0 saturated carbocycles. The van der Waals surface area contributed by atoms with Crippen LogP contribution in [0.1, 0.15) is 35.8 Å². The summed E-state index contributed by atoms with van der Waals surface area (Å²) in [5.41, 5.74) is 3.68. The zero-order valence-electron chi connectivity index (χ0n) is 18.9. The lowest BCUT2D eigenvalue weighted by Gasteiger charge is -2.19. The molecule has 2 aromatic carbocycles. The Kier molecular flexibility index (Phi) is 6.92. The average Bonchev–Trinajstić information content (AvgIpc) is 3.50. The molecule has 0 aliphatic carbocycles. The SMILES string of the molecule is CCOC(=O)c1nn(-c2ccccc2)cc1OCC(=O)Nc1ccc(N2CCCC2)cc1C. The maximum Gasteiger partial charge on any atom is 0.362 e. The van der Waals surface area contributed by atoms with Gasteiger partial charge < -0.3 is 19.7 Å². The number of aromatic nitrogens is 2. The van der Waals surface area contributed by atoms with Crippen molar-refractivity contribution in [3.8, 4) is 11.4 Å². The lowest BCUT2D eigenvalue weighted by Crippen LogP contribution is -2.22. The van der Waals surface area contributed by atoms with Gasteiger partial charge in [0.05, 0.1) is 18.5 Å². The number of aryl methyl sites for hydroxylation is 1. The second-order valence-corrected chi connectivity index (χ2v) is 7.87. The molecule has 8 nitrogen and oxygen atoms in total.